The molecule has 0 radical (unpaired) electrons. The minimum Gasteiger partial charge on any atom is -0.354 e. The van der Waals surface area contributed by atoms with Crippen molar-refractivity contribution < 1.29 is 13.0 Å². The smallest absolute Gasteiger partial charge is 0.295 e. The molecule has 0 bridgehead atoms. The molecule has 1 heterocycles. The van der Waals surface area contributed by atoms with Gasteiger partial charge in [0.05, 0.1) is 11.2 Å². The van der Waals surface area contributed by atoms with Crippen molar-refractivity contribution in [1.29, 1.82) is 0 Å². The molecule has 0 aromatic heterocycles. The molecular weight excluding hydrogens is 344 g/mol. The Bertz CT molecular complexity index is 978. The summed E-state index contributed by atoms with van der Waals surface area (Å²) < 4.78 is 32.8. The third-order valence-electron chi connectivity index (χ3n) is 3.93. The fraction of sp³-hybridized carbons (Fsp3) is 0.235. The third kappa shape index (κ3) is 2.90. The van der Waals surface area contributed by atoms with Gasteiger partial charge < -0.3 is 5.32 Å². The van der Waals surface area contributed by atoms with E-state index in [4.69, 9.17) is 12.2 Å². The van der Waals surface area contributed by atoms with Crippen molar-refractivity contribution in [1.82, 2.24) is 5.32 Å². The molecule has 2 aromatic rings. The maximum atomic E-state index is 11.6. The Morgan fingerprint density at radius 3 is 2.38 bits per heavy atom. The molecule has 5 nitrogen and oxygen atoms in total. The monoisotopic (exact) mass is 362 g/mol. The second-order valence-electron chi connectivity index (χ2n) is 6.38. The van der Waals surface area contributed by atoms with Gasteiger partial charge in [0.1, 0.15) is 4.90 Å². The Morgan fingerprint density at radius 1 is 1.12 bits per heavy atom. The first kappa shape index (κ1) is 16.9. The highest BCUT2D eigenvalue weighted by atomic mass is 32.2. The second kappa shape index (κ2) is 5.54. The van der Waals surface area contributed by atoms with Crippen LogP contribution in [-0.2, 0) is 10.1 Å². The molecule has 0 saturated carbocycles. The number of rotatable bonds is 2. The van der Waals surface area contributed by atoms with Gasteiger partial charge in [-0.1, -0.05) is 24.3 Å². The molecule has 2 aromatic carbocycles. The van der Waals surface area contributed by atoms with Crippen LogP contribution in [0.1, 0.15) is 20.8 Å². The predicted octanol–water partition coefficient (Wildman–Crippen LogP) is 3.46. The molecule has 0 aliphatic carbocycles. The van der Waals surface area contributed by atoms with Gasteiger partial charge in [0.15, 0.2) is 5.11 Å². The summed E-state index contributed by atoms with van der Waals surface area (Å²) in [6.07, 6.45) is 2.06. The van der Waals surface area contributed by atoms with Crippen LogP contribution >= 0.6 is 12.2 Å². The Kier molecular flexibility index (Phi) is 3.90. The van der Waals surface area contributed by atoms with E-state index in [-0.39, 0.29) is 10.4 Å². The normalized spacial score (nSPS) is 17.6. The minimum atomic E-state index is -4.30. The molecule has 1 aliphatic heterocycles. The molecule has 24 heavy (non-hydrogen) atoms. The SMILES string of the molecule is CC1=CC(C)(C)NC(=S)N1c1cccc2c(S(=O)(=O)O)cccc12. The molecule has 0 saturated heterocycles. The van der Waals surface area contributed by atoms with Gasteiger partial charge in [0.2, 0.25) is 0 Å². The maximum absolute atomic E-state index is 11.6. The first-order valence-electron chi connectivity index (χ1n) is 7.41. The van der Waals surface area contributed by atoms with Gasteiger partial charge in [-0.2, -0.15) is 8.42 Å². The first-order valence-corrected chi connectivity index (χ1v) is 9.26. The van der Waals surface area contributed by atoms with Crippen LogP contribution in [0.3, 0.4) is 0 Å². The van der Waals surface area contributed by atoms with Gasteiger partial charge in [-0.05, 0) is 51.2 Å². The Labute approximate surface area is 146 Å². The fourth-order valence-corrected chi connectivity index (χ4v) is 4.31. The van der Waals surface area contributed by atoms with E-state index in [9.17, 15) is 13.0 Å². The quantitative estimate of drug-likeness (QED) is 0.630. The van der Waals surface area contributed by atoms with Crippen LogP contribution in [0, 0.1) is 0 Å². The molecule has 3 rings (SSSR count). The standard InChI is InChI=1S/C17H18N2O3S2/c1-11-10-17(2,3)18-16(23)19(11)14-8-4-7-13-12(14)6-5-9-15(13)24(20,21)22/h4-10H,1-3H3,(H,18,23)(H,20,21,22). The van der Waals surface area contributed by atoms with Gasteiger partial charge in [-0.15, -0.1) is 0 Å². The van der Waals surface area contributed by atoms with Crippen molar-refractivity contribution >= 4 is 43.9 Å². The number of nitrogens with zero attached hydrogens (tertiary/aromatic N) is 1. The van der Waals surface area contributed by atoms with Crippen molar-refractivity contribution in [2.45, 2.75) is 31.2 Å². The van der Waals surface area contributed by atoms with Crippen LogP contribution in [0.4, 0.5) is 5.69 Å². The lowest BCUT2D eigenvalue weighted by atomic mass is 10.0. The van der Waals surface area contributed by atoms with Crippen LogP contribution in [-0.4, -0.2) is 23.6 Å². The van der Waals surface area contributed by atoms with E-state index in [2.05, 4.69) is 11.4 Å². The van der Waals surface area contributed by atoms with E-state index in [1.165, 1.54) is 6.07 Å². The molecule has 0 amide bonds. The molecule has 1 aliphatic rings. The lowest BCUT2D eigenvalue weighted by molar-refractivity contribution is 0.484. The van der Waals surface area contributed by atoms with E-state index in [0.717, 1.165) is 11.4 Å². The Balaban J connectivity index is 2.27. The summed E-state index contributed by atoms with van der Waals surface area (Å²) in [6.45, 7) is 6.01. The lowest BCUT2D eigenvalue weighted by Crippen LogP contribution is -2.53. The number of thiocarbonyl (C=S) groups is 1. The van der Waals surface area contributed by atoms with Crippen molar-refractivity contribution in [3.63, 3.8) is 0 Å². The zero-order chi connectivity index (χ0) is 17.7. The van der Waals surface area contributed by atoms with E-state index < -0.39 is 10.1 Å². The van der Waals surface area contributed by atoms with E-state index >= 15 is 0 Å². The Morgan fingerprint density at radius 2 is 1.75 bits per heavy atom. The average Bonchev–Trinajstić information content (AvgIpc) is 2.43. The molecule has 7 heteroatoms. The molecule has 2 N–H and O–H groups in total. The zero-order valence-electron chi connectivity index (χ0n) is 13.6. The maximum Gasteiger partial charge on any atom is 0.295 e. The van der Waals surface area contributed by atoms with Crippen LogP contribution in [0.2, 0.25) is 0 Å². The van der Waals surface area contributed by atoms with Crippen molar-refractivity contribution in [3.8, 4) is 0 Å². The van der Waals surface area contributed by atoms with Gasteiger partial charge >= 0.3 is 0 Å². The largest absolute Gasteiger partial charge is 0.354 e. The molecular formula is C17H18N2O3S2. The summed E-state index contributed by atoms with van der Waals surface area (Å²) in [5.41, 5.74) is 1.47. The number of nitrogens with one attached hydrogen (secondary N) is 1. The zero-order valence-corrected chi connectivity index (χ0v) is 15.2. The number of hydrogen-bond acceptors (Lipinski definition) is 3. The van der Waals surface area contributed by atoms with Gasteiger partial charge in [0, 0.05) is 16.5 Å². The number of benzene rings is 2. The van der Waals surface area contributed by atoms with Crippen LogP contribution in [0.25, 0.3) is 10.8 Å². The number of fused-ring (bicyclic) bond motifs is 1. The highest BCUT2D eigenvalue weighted by molar-refractivity contribution is 7.86. The second-order valence-corrected chi connectivity index (χ2v) is 8.15. The lowest BCUT2D eigenvalue weighted by Gasteiger charge is -2.38. The van der Waals surface area contributed by atoms with Crippen molar-refractivity contribution in [3.05, 3.63) is 48.2 Å². The molecule has 0 atom stereocenters. The Hall–Kier alpha value is -1.96. The highest BCUT2D eigenvalue weighted by Crippen LogP contribution is 2.34. The number of anilines is 1. The summed E-state index contributed by atoms with van der Waals surface area (Å²) in [7, 11) is -4.30. The van der Waals surface area contributed by atoms with Crippen molar-refractivity contribution in [2.75, 3.05) is 4.90 Å². The van der Waals surface area contributed by atoms with Crippen LogP contribution in [0.15, 0.2) is 53.1 Å². The van der Waals surface area contributed by atoms with E-state index in [1.54, 1.807) is 18.2 Å². The number of allylic oxidation sites excluding steroid dienone is 1. The molecule has 0 unspecified atom stereocenters. The van der Waals surface area contributed by atoms with Gasteiger partial charge in [-0.25, -0.2) is 0 Å². The topological polar surface area (TPSA) is 69.6 Å². The van der Waals surface area contributed by atoms with Crippen molar-refractivity contribution in [2.24, 2.45) is 0 Å². The molecule has 0 fully saturated rings. The summed E-state index contributed by atoms with van der Waals surface area (Å²) in [6, 6.07) is 10.1. The highest BCUT2D eigenvalue weighted by Gasteiger charge is 2.28. The number of hydrogen-bond donors (Lipinski definition) is 2. The average molecular weight is 362 g/mol. The van der Waals surface area contributed by atoms with Crippen LogP contribution in [0.5, 0.6) is 0 Å². The fourth-order valence-electron chi connectivity index (χ4n) is 3.10. The predicted molar refractivity (Wildman–Crippen MR) is 99.8 cm³/mol. The molecule has 0 spiro atoms. The summed E-state index contributed by atoms with van der Waals surface area (Å²) in [4.78, 5) is 1.76. The summed E-state index contributed by atoms with van der Waals surface area (Å²) >= 11 is 5.51. The molecule has 126 valence electrons. The van der Waals surface area contributed by atoms with E-state index in [1.807, 2.05) is 37.8 Å². The summed E-state index contributed by atoms with van der Waals surface area (Å²) in [5.74, 6) is 0. The minimum absolute atomic E-state index is 0.111. The summed E-state index contributed by atoms with van der Waals surface area (Å²) in [5, 5.41) is 4.96. The van der Waals surface area contributed by atoms with Crippen LogP contribution < -0.4 is 10.2 Å². The first-order chi connectivity index (χ1) is 11.1. The third-order valence-corrected chi connectivity index (χ3v) is 5.13. The van der Waals surface area contributed by atoms with E-state index in [0.29, 0.717) is 15.9 Å². The van der Waals surface area contributed by atoms with Gasteiger partial charge in [-0.3, -0.25) is 9.45 Å². The van der Waals surface area contributed by atoms with Gasteiger partial charge in [0.25, 0.3) is 10.1 Å².